The minimum Gasteiger partial charge on any atom is -0.438 e. The first kappa shape index (κ1) is 20.6. The van der Waals surface area contributed by atoms with Gasteiger partial charge in [0.1, 0.15) is 22.7 Å². The third-order valence-electron chi connectivity index (χ3n) is 4.53. The van der Waals surface area contributed by atoms with Crippen LogP contribution in [0.2, 0.25) is 0 Å². The molecule has 4 rings (SSSR count). The minimum atomic E-state index is -0.828. The molecule has 0 spiro atoms. The average molecular weight is 430 g/mol. The molecule has 0 amide bonds. The van der Waals surface area contributed by atoms with Gasteiger partial charge in [-0.2, -0.15) is 10.2 Å². The van der Waals surface area contributed by atoms with Gasteiger partial charge in [-0.1, -0.05) is 30.3 Å². The Kier molecular flexibility index (Phi) is 6.00. The lowest BCUT2D eigenvalue weighted by molar-refractivity contribution is 0.182. The standard InChI is InChI=1S/C23H19N5O2S/c1-14-26-18(16-5-3-2-4-6-16)10-22(27-14)30-21-9-15(11-24)7-8-17(21)23-28-19(13-31-23)20(29)12-25/h2-10,13,20,29H,12,25H2,1H3. The lowest BCUT2D eigenvalue weighted by atomic mass is 10.1. The Morgan fingerprint density at radius 1 is 1.13 bits per heavy atom. The van der Waals surface area contributed by atoms with E-state index in [1.54, 1.807) is 36.6 Å². The van der Waals surface area contributed by atoms with E-state index in [4.69, 9.17) is 10.5 Å². The third kappa shape index (κ3) is 4.59. The van der Waals surface area contributed by atoms with Gasteiger partial charge in [-0.15, -0.1) is 11.3 Å². The first-order valence-electron chi connectivity index (χ1n) is 9.54. The summed E-state index contributed by atoms with van der Waals surface area (Å²) in [5.74, 6) is 1.37. The van der Waals surface area contributed by atoms with Crippen LogP contribution in [-0.2, 0) is 0 Å². The molecule has 0 fully saturated rings. The molecule has 2 aromatic heterocycles. The summed E-state index contributed by atoms with van der Waals surface area (Å²) in [6.45, 7) is 1.88. The highest BCUT2D eigenvalue weighted by Crippen LogP contribution is 2.36. The second kappa shape index (κ2) is 9.02. The number of aromatic nitrogens is 3. The van der Waals surface area contributed by atoms with Gasteiger partial charge in [0.2, 0.25) is 5.88 Å². The lowest BCUT2D eigenvalue weighted by Gasteiger charge is -2.11. The van der Waals surface area contributed by atoms with E-state index in [1.807, 2.05) is 30.3 Å². The molecule has 31 heavy (non-hydrogen) atoms. The topological polar surface area (TPSA) is 118 Å². The number of thiazole rings is 1. The van der Waals surface area contributed by atoms with Crippen molar-refractivity contribution in [1.82, 2.24) is 15.0 Å². The normalized spacial score (nSPS) is 11.7. The van der Waals surface area contributed by atoms with Gasteiger partial charge in [0.25, 0.3) is 0 Å². The minimum absolute atomic E-state index is 0.0857. The van der Waals surface area contributed by atoms with Gasteiger partial charge in [0, 0.05) is 23.6 Å². The zero-order valence-corrected chi connectivity index (χ0v) is 17.5. The largest absolute Gasteiger partial charge is 0.438 e. The van der Waals surface area contributed by atoms with Gasteiger partial charge in [0.05, 0.1) is 28.6 Å². The molecule has 0 aliphatic carbocycles. The van der Waals surface area contributed by atoms with E-state index < -0.39 is 6.10 Å². The van der Waals surface area contributed by atoms with Crippen molar-refractivity contribution in [2.75, 3.05) is 6.54 Å². The Bertz CT molecular complexity index is 1250. The van der Waals surface area contributed by atoms with Crippen molar-refractivity contribution in [3.05, 3.63) is 77.1 Å². The molecule has 1 unspecified atom stereocenters. The summed E-state index contributed by atoms with van der Waals surface area (Å²) in [7, 11) is 0. The number of hydrogen-bond donors (Lipinski definition) is 2. The summed E-state index contributed by atoms with van der Waals surface area (Å²) in [6, 6.07) is 18.8. The van der Waals surface area contributed by atoms with Crippen LogP contribution in [-0.4, -0.2) is 26.6 Å². The van der Waals surface area contributed by atoms with E-state index in [0.717, 1.165) is 11.3 Å². The van der Waals surface area contributed by atoms with Crippen molar-refractivity contribution in [3.8, 4) is 39.5 Å². The van der Waals surface area contributed by atoms with Crippen LogP contribution in [0, 0.1) is 18.3 Å². The van der Waals surface area contributed by atoms with Gasteiger partial charge in [-0.25, -0.2) is 9.97 Å². The van der Waals surface area contributed by atoms with Crippen LogP contribution in [0.3, 0.4) is 0 Å². The summed E-state index contributed by atoms with van der Waals surface area (Å²) >= 11 is 1.37. The molecule has 0 saturated carbocycles. The predicted molar refractivity (Wildman–Crippen MR) is 119 cm³/mol. The van der Waals surface area contributed by atoms with E-state index in [9.17, 15) is 10.4 Å². The van der Waals surface area contributed by atoms with Crippen LogP contribution in [0.25, 0.3) is 21.8 Å². The van der Waals surface area contributed by atoms with Crippen molar-refractivity contribution >= 4 is 11.3 Å². The molecule has 0 radical (unpaired) electrons. The van der Waals surface area contributed by atoms with Gasteiger partial charge in [-0.3, -0.25) is 0 Å². The highest BCUT2D eigenvalue weighted by Gasteiger charge is 2.17. The van der Waals surface area contributed by atoms with Crippen molar-refractivity contribution in [2.45, 2.75) is 13.0 Å². The number of aryl methyl sites for hydroxylation is 1. The molecule has 2 aromatic carbocycles. The van der Waals surface area contributed by atoms with Crippen LogP contribution < -0.4 is 10.5 Å². The zero-order valence-electron chi connectivity index (χ0n) is 16.7. The summed E-state index contributed by atoms with van der Waals surface area (Å²) < 4.78 is 6.12. The fraction of sp³-hybridized carbons (Fsp3) is 0.130. The Morgan fingerprint density at radius 3 is 2.68 bits per heavy atom. The van der Waals surface area contributed by atoms with Gasteiger partial charge in [-0.05, 0) is 25.1 Å². The van der Waals surface area contributed by atoms with Crippen LogP contribution in [0.4, 0.5) is 0 Å². The first-order valence-corrected chi connectivity index (χ1v) is 10.4. The molecule has 0 saturated heterocycles. The number of aliphatic hydroxyl groups is 1. The van der Waals surface area contributed by atoms with Crippen molar-refractivity contribution in [1.29, 1.82) is 5.26 Å². The first-order chi connectivity index (χ1) is 15.1. The third-order valence-corrected chi connectivity index (χ3v) is 5.42. The summed E-state index contributed by atoms with van der Waals surface area (Å²) in [4.78, 5) is 13.4. The second-order valence-electron chi connectivity index (χ2n) is 6.76. The maximum absolute atomic E-state index is 9.97. The number of benzene rings is 2. The van der Waals surface area contributed by atoms with E-state index in [0.29, 0.717) is 39.3 Å². The van der Waals surface area contributed by atoms with Gasteiger partial charge in [0.15, 0.2) is 0 Å². The smallest absolute Gasteiger partial charge is 0.223 e. The Hall–Kier alpha value is -3.64. The monoisotopic (exact) mass is 429 g/mol. The van der Waals surface area contributed by atoms with E-state index in [-0.39, 0.29) is 6.54 Å². The number of nitrogens with zero attached hydrogens (tertiary/aromatic N) is 4. The zero-order chi connectivity index (χ0) is 21.8. The molecule has 154 valence electrons. The summed E-state index contributed by atoms with van der Waals surface area (Å²) in [5.41, 5.74) is 8.87. The Balaban J connectivity index is 1.74. The van der Waals surface area contributed by atoms with Gasteiger partial charge >= 0.3 is 0 Å². The molecular weight excluding hydrogens is 410 g/mol. The molecular formula is C23H19N5O2S. The van der Waals surface area contributed by atoms with Crippen molar-refractivity contribution in [2.24, 2.45) is 5.73 Å². The Labute approximate surface area is 183 Å². The summed E-state index contributed by atoms with van der Waals surface area (Å²) in [5, 5.41) is 21.7. The van der Waals surface area contributed by atoms with Gasteiger partial charge < -0.3 is 15.6 Å². The number of nitriles is 1. The number of rotatable bonds is 6. The molecule has 0 bridgehead atoms. The Morgan fingerprint density at radius 2 is 1.94 bits per heavy atom. The predicted octanol–water partition coefficient (Wildman–Crippen LogP) is 4.23. The van der Waals surface area contributed by atoms with Crippen molar-refractivity contribution in [3.63, 3.8) is 0 Å². The summed E-state index contributed by atoms with van der Waals surface area (Å²) in [6.07, 6.45) is -0.828. The van der Waals surface area contributed by atoms with E-state index >= 15 is 0 Å². The van der Waals surface area contributed by atoms with E-state index in [1.165, 1.54) is 11.3 Å². The average Bonchev–Trinajstić information content (AvgIpc) is 3.28. The number of nitrogens with two attached hydrogens (primary N) is 1. The molecule has 2 heterocycles. The van der Waals surface area contributed by atoms with Crippen LogP contribution in [0.1, 0.15) is 23.2 Å². The van der Waals surface area contributed by atoms with Crippen LogP contribution in [0.5, 0.6) is 11.6 Å². The molecule has 8 heteroatoms. The van der Waals surface area contributed by atoms with Crippen LogP contribution >= 0.6 is 11.3 Å². The lowest BCUT2D eigenvalue weighted by Crippen LogP contribution is -2.11. The molecule has 0 aliphatic rings. The maximum atomic E-state index is 9.97. The van der Waals surface area contributed by atoms with Crippen molar-refractivity contribution < 1.29 is 9.84 Å². The number of hydrogen-bond acceptors (Lipinski definition) is 8. The fourth-order valence-electron chi connectivity index (χ4n) is 3.00. The molecule has 7 nitrogen and oxygen atoms in total. The van der Waals surface area contributed by atoms with E-state index in [2.05, 4.69) is 21.0 Å². The quantitative estimate of drug-likeness (QED) is 0.471. The SMILES string of the molecule is Cc1nc(Oc2cc(C#N)ccc2-c2nc(C(O)CN)cs2)cc(-c2ccccc2)n1. The molecule has 4 aromatic rings. The number of aliphatic hydroxyl groups excluding tert-OH is 1. The maximum Gasteiger partial charge on any atom is 0.223 e. The molecule has 3 N–H and O–H groups in total. The molecule has 0 aliphatic heterocycles. The molecule has 1 atom stereocenters. The highest BCUT2D eigenvalue weighted by atomic mass is 32.1. The fourth-order valence-corrected chi connectivity index (χ4v) is 3.89. The second-order valence-corrected chi connectivity index (χ2v) is 7.62. The van der Waals surface area contributed by atoms with Crippen LogP contribution in [0.15, 0.2) is 60.0 Å². The number of ether oxygens (including phenoxy) is 1. The highest BCUT2D eigenvalue weighted by molar-refractivity contribution is 7.13.